The number of anilines is 1. The molecule has 4 heteroatoms. The molecule has 0 radical (unpaired) electrons. The van der Waals surface area contributed by atoms with E-state index in [9.17, 15) is 0 Å². The summed E-state index contributed by atoms with van der Waals surface area (Å²) in [6, 6.07) is 1.37. The molecule has 0 spiro atoms. The summed E-state index contributed by atoms with van der Waals surface area (Å²) in [5.41, 5.74) is 1.20. The Labute approximate surface area is 115 Å². The van der Waals surface area contributed by atoms with Crippen molar-refractivity contribution in [2.45, 2.75) is 64.1 Å². The summed E-state index contributed by atoms with van der Waals surface area (Å²) >= 11 is 0. The van der Waals surface area contributed by atoms with Gasteiger partial charge in [0.15, 0.2) is 0 Å². The average molecular weight is 260 g/mol. The van der Waals surface area contributed by atoms with Gasteiger partial charge in [-0.2, -0.15) is 0 Å². The third-order valence-corrected chi connectivity index (χ3v) is 4.22. The molecule has 104 valence electrons. The van der Waals surface area contributed by atoms with Crippen molar-refractivity contribution >= 4 is 5.95 Å². The van der Waals surface area contributed by atoms with E-state index in [0.29, 0.717) is 6.04 Å². The first-order valence-corrected chi connectivity index (χ1v) is 7.67. The lowest BCUT2D eigenvalue weighted by molar-refractivity contribution is 0.443. The van der Waals surface area contributed by atoms with E-state index in [0.717, 1.165) is 25.1 Å². The van der Waals surface area contributed by atoms with Crippen LogP contribution in [0.2, 0.25) is 0 Å². The van der Waals surface area contributed by atoms with Crippen LogP contribution in [0.25, 0.3) is 0 Å². The first-order chi connectivity index (χ1) is 9.36. The molecule has 0 amide bonds. The van der Waals surface area contributed by atoms with Gasteiger partial charge in [-0.05, 0) is 38.5 Å². The molecule has 1 saturated carbocycles. The van der Waals surface area contributed by atoms with Gasteiger partial charge in [0, 0.05) is 43.1 Å². The lowest BCUT2D eigenvalue weighted by Crippen LogP contribution is -2.40. The Morgan fingerprint density at radius 1 is 1.21 bits per heavy atom. The topological polar surface area (TPSA) is 41.1 Å². The smallest absolute Gasteiger partial charge is 0.225 e. The largest absolute Gasteiger partial charge is 0.338 e. The van der Waals surface area contributed by atoms with Gasteiger partial charge in [0.25, 0.3) is 0 Å². The molecule has 19 heavy (non-hydrogen) atoms. The highest BCUT2D eigenvalue weighted by Gasteiger charge is 2.23. The van der Waals surface area contributed by atoms with Crippen LogP contribution >= 0.6 is 0 Å². The molecule has 1 saturated heterocycles. The summed E-state index contributed by atoms with van der Waals surface area (Å²) in [7, 11) is 0. The Morgan fingerprint density at radius 2 is 2.00 bits per heavy atom. The van der Waals surface area contributed by atoms with E-state index < -0.39 is 0 Å². The molecule has 1 unspecified atom stereocenters. The summed E-state index contributed by atoms with van der Waals surface area (Å²) in [5, 5.41) is 3.50. The molecule has 3 rings (SSSR count). The van der Waals surface area contributed by atoms with E-state index >= 15 is 0 Å². The van der Waals surface area contributed by atoms with E-state index in [1.165, 1.54) is 44.1 Å². The van der Waals surface area contributed by atoms with Crippen molar-refractivity contribution in [1.82, 2.24) is 15.3 Å². The minimum atomic E-state index is 0.629. The first kappa shape index (κ1) is 12.9. The van der Waals surface area contributed by atoms with E-state index in [4.69, 9.17) is 0 Å². The predicted octanol–water partition coefficient (Wildman–Crippen LogP) is 2.50. The molecular weight excluding hydrogens is 236 g/mol. The zero-order valence-electron chi connectivity index (χ0n) is 11.8. The fourth-order valence-corrected chi connectivity index (χ4v) is 2.83. The minimum absolute atomic E-state index is 0.629. The zero-order valence-corrected chi connectivity index (χ0v) is 11.8. The van der Waals surface area contributed by atoms with Gasteiger partial charge >= 0.3 is 0 Å². The number of nitrogens with zero attached hydrogens (tertiary/aromatic N) is 3. The van der Waals surface area contributed by atoms with E-state index in [1.807, 2.05) is 12.4 Å². The molecule has 2 fully saturated rings. The zero-order chi connectivity index (χ0) is 13.1. The Kier molecular flexibility index (Phi) is 3.97. The molecule has 1 aromatic heterocycles. The highest BCUT2D eigenvalue weighted by Crippen LogP contribution is 2.23. The van der Waals surface area contributed by atoms with Crippen molar-refractivity contribution in [2.75, 3.05) is 11.4 Å². The molecule has 2 heterocycles. The van der Waals surface area contributed by atoms with Crippen LogP contribution in [0.5, 0.6) is 0 Å². The van der Waals surface area contributed by atoms with Crippen LogP contribution < -0.4 is 10.2 Å². The molecular formula is C15H24N4. The van der Waals surface area contributed by atoms with Gasteiger partial charge in [0.2, 0.25) is 5.95 Å². The van der Waals surface area contributed by atoms with Crippen LogP contribution in [0.3, 0.4) is 0 Å². The standard InChI is InChI=1S/C15H24N4/c1-2-14-5-3-4-8-19(14)15-17-10-12(11-18-15)9-16-13-6-7-13/h10-11,13-14,16H,2-9H2,1H3. The van der Waals surface area contributed by atoms with Crippen LogP contribution in [0.15, 0.2) is 12.4 Å². The molecule has 1 aliphatic carbocycles. The van der Waals surface area contributed by atoms with Crippen LogP contribution in [-0.4, -0.2) is 28.6 Å². The highest BCUT2D eigenvalue weighted by atomic mass is 15.3. The summed E-state index contributed by atoms with van der Waals surface area (Å²) in [4.78, 5) is 11.5. The Bertz CT molecular complexity index is 399. The summed E-state index contributed by atoms with van der Waals surface area (Å²) in [6.45, 7) is 4.28. The van der Waals surface area contributed by atoms with Gasteiger partial charge in [-0.1, -0.05) is 6.92 Å². The second-order valence-electron chi connectivity index (χ2n) is 5.80. The second-order valence-corrected chi connectivity index (χ2v) is 5.80. The SMILES string of the molecule is CCC1CCCCN1c1ncc(CNC2CC2)cn1. The normalized spacial score (nSPS) is 23.6. The van der Waals surface area contributed by atoms with Gasteiger partial charge in [0.05, 0.1) is 0 Å². The second kappa shape index (κ2) is 5.87. The fourth-order valence-electron chi connectivity index (χ4n) is 2.83. The van der Waals surface area contributed by atoms with Crippen LogP contribution in [0, 0.1) is 0 Å². The maximum atomic E-state index is 4.57. The lowest BCUT2D eigenvalue weighted by atomic mass is 10.0. The van der Waals surface area contributed by atoms with Crippen LogP contribution in [-0.2, 0) is 6.54 Å². The van der Waals surface area contributed by atoms with Gasteiger partial charge in [-0.25, -0.2) is 9.97 Å². The molecule has 4 nitrogen and oxygen atoms in total. The molecule has 1 aromatic rings. The molecule has 1 N–H and O–H groups in total. The number of rotatable bonds is 5. The molecule has 2 aliphatic rings. The van der Waals surface area contributed by atoms with Crippen LogP contribution in [0.4, 0.5) is 5.95 Å². The number of piperidine rings is 1. The van der Waals surface area contributed by atoms with Crippen molar-refractivity contribution in [3.8, 4) is 0 Å². The van der Waals surface area contributed by atoms with Crippen molar-refractivity contribution in [3.05, 3.63) is 18.0 Å². The molecule has 0 aromatic carbocycles. The lowest BCUT2D eigenvalue weighted by Gasteiger charge is -2.35. The Balaban J connectivity index is 1.62. The maximum absolute atomic E-state index is 4.57. The van der Waals surface area contributed by atoms with E-state index in [-0.39, 0.29) is 0 Å². The van der Waals surface area contributed by atoms with Crippen molar-refractivity contribution in [1.29, 1.82) is 0 Å². The van der Waals surface area contributed by atoms with E-state index in [2.05, 4.69) is 27.1 Å². The van der Waals surface area contributed by atoms with Gasteiger partial charge in [-0.15, -0.1) is 0 Å². The first-order valence-electron chi connectivity index (χ1n) is 7.67. The number of hydrogen-bond acceptors (Lipinski definition) is 4. The van der Waals surface area contributed by atoms with Crippen molar-refractivity contribution in [2.24, 2.45) is 0 Å². The van der Waals surface area contributed by atoms with Crippen molar-refractivity contribution < 1.29 is 0 Å². The molecule has 1 aliphatic heterocycles. The molecule has 1 atom stereocenters. The number of hydrogen-bond donors (Lipinski definition) is 1. The summed E-state index contributed by atoms with van der Waals surface area (Å²) in [5.74, 6) is 0.918. The van der Waals surface area contributed by atoms with Crippen LogP contribution in [0.1, 0.15) is 51.0 Å². The quantitative estimate of drug-likeness (QED) is 0.883. The van der Waals surface area contributed by atoms with Gasteiger partial charge in [0.1, 0.15) is 0 Å². The van der Waals surface area contributed by atoms with Gasteiger partial charge < -0.3 is 10.2 Å². The maximum Gasteiger partial charge on any atom is 0.225 e. The van der Waals surface area contributed by atoms with Gasteiger partial charge in [-0.3, -0.25) is 0 Å². The number of nitrogens with one attached hydrogen (secondary N) is 1. The monoisotopic (exact) mass is 260 g/mol. The third-order valence-electron chi connectivity index (χ3n) is 4.22. The Hall–Kier alpha value is -1.16. The summed E-state index contributed by atoms with van der Waals surface area (Å²) in [6.07, 6.45) is 11.7. The fraction of sp³-hybridized carbons (Fsp3) is 0.733. The summed E-state index contributed by atoms with van der Waals surface area (Å²) < 4.78 is 0. The third kappa shape index (κ3) is 3.24. The van der Waals surface area contributed by atoms with E-state index in [1.54, 1.807) is 0 Å². The minimum Gasteiger partial charge on any atom is -0.338 e. The number of aromatic nitrogens is 2. The molecule has 0 bridgehead atoms. The van der Waals surface area contributed by atoms with Crippen molar-refractivity contribution in [3.63, 3.8) is 0 Å². The average Bonchev–Trinajstić information content (AvgIpc) is 3.30. The Morgan fingerprint density at radius 3 is 2.68 bits per heavy atom. The highest BCUT2D eigenvalue weighted by molar-refractivity contribution is 5.32. The predicted molar refractivity (Wildman–Crippen MR) is 77.2 cm³/mol.